The van der Waals surface area contributed by atoms with Gasteiger partial charge in [-0.2, -0.15) is 0 Å². The molecular formula is C12H10BrN5O. The first-order chi connectivity index (χ1) is 9.15. The Hall–Kier alpha value is -2.02. The van der Waals surface area contributed by atoms with Crippen LogP contribution in [0, 0.1) is 6.92 Å². The van der Waals surface area contributed by atoms with Crippen molar-refractivity contribution in [2.45, 2.75) is 13.3 Å². The Morgan fingerprint density at radius 3 is 2.89 bits per heavy atom. The van der Waals surface area contributed by atoms with E-state index in [1.807, 2.05) is 19.1 Å². The monoisotopic (exact) mass is 319 g/mol. The minimum absolute atomic E-state index is 0.438. The van der Waals surface area contributed by atoms with Crippen molar-refractivity contribution in [1.82, 2.24) is 20.3 Å². The van der Waals surface area contributed by atoms with Crippen molar-refractivity contribution in [2.75, 3.05) is 5.73 Å². The van der Waals surface area contributed by atoms with Gasteiger partial charge in [-0.3, -0.25) is 0 Å². The summed E-state index contributed by atoms with van der Waals surface area (Å²) in [5.74, 6) is 0. The number of aryl methyl sites for hydroxylation is 1. The molecule has 0 fully saturated rings. The largest absolute Gasteiger partial charge is 0.396 e. The van der Waals surface area contributed by atoms with Gasteiger partial charge >= 0.3 is 0 Å². The maximum atomic E-state index is 6.11. The number of nitrogens with zero attached hydrogens (tertiary/aromatic N) is 4. The summed E-state index contributed by atoms with van der Waals surface area (Å²) in [5.41, 5.74) is 10.4. The van der Waals surface area contributed by atoms with Gasteiger partial charge in [0, 0.05) is 23.9 Å². The Morgan fingerprint density at radius 1 is 1.32 bits per heavy atom. The molecule has 0 unspecified atom stereocenters. The van der Waals surface area contributed by atoms with Crippen LogP contribution < -0.4 is 5.73 Å². The van der Waals surface area contributed by atoms with E-state index in [2.05, 4.69) is 40.8 Å². The molecule has 2 N–H and O–H groups in total. The zero-order valence-electron chi connectivity index (χ0n) is 10.1. The topological polar surface area (TPSA) is 90.7 Å². The Bertz CT molecular complexity index is 738. The lowest BCUT2D eigenvalue weighted by Crippen LogP contribution is -2.02. The maximum absolute atomic E-state index is 6.11. The molecule has 3 aromatic rings. The quantitative estimate of drug-likeness (QED) is 0.728. The molecule has 0 aromatic carbocycles. The van der Waals surface area contributed by atoms with Crippen LogP contribution in [-0.4, -0.2) is 20.3 Å². The van der Waals surface area contributed by atoms with Crippen LogP contribution in [-0.2, 0) is 6.42 Å². The van der Waals surface area contributed by atoms with E-state index in [1.54, 1.807) is 6.20 Å². The van der Waals surface area contributed by atoms with Crippen molar-refractivity contribution in [2.24, 2.45) is 0 Å². The number of hydrogen-bond acceptors (Lipinski definition) is 6. The minimum Gasteiger partial charge on any atom is -0.396 e. The SMILES string of the molecule is Cc1nc2nonc2c(N)c1Cc1ccc(Br)nc1. The second kappa shape index (κ2) is 4.58. The van der Waals surface area contributed by atoms with Gasteiger partial charge in [0.1, 0.15) is 4.60 Å². The van der Waals surface area contributed by atoms with Crippen molar-refractivity contribution in [3.8, 4) is 0 Å². The highest BCUT2D eigenvalue weighted by atomic mass is 79.9. The smallest absolute Gasteiger partial charge is 0.226 e. The molecule has 0 aliphatic heterocycles. The van der Waals surface area contributed by atoms with Gasteiger partial charge in [0.15, 0.2) is 5.52 Å². The van der Waals surface area contributed by atoms with E-state index >= 15 is 0 Å². The Labute approximate surface area is 117 Å². The number of fused-ring (bicyclic) bond motifs is 1. The molecule has 0 amide bonds. The minimum atomic E-state index is 0.438. The van der Waals surface area contributed by atoms with Crippen molar-refractivity contribution in [3.63, 3.8) is 0 Å². The van der Waals surface area contributed by atoms with Crippen LogP contribution in [0.15, 0.2) is 27.6 Å². The molecule has 3 aromatic heterocycles. The number of nitrogen functional groups attached to an aromatic ring is 1. The third-order valence-electron chi connectivity index (χ3n) is 2.93. The second-order valence-corrected chi connectivity index (χ2v) is 5.00. The van der Waals surface area contributed by atoms with Crippen LogP contribution in [0.2, 0.25) is 0 Å². The molecule has 96 valence electrons. The molecule has 0 saturated carbocycles. The van der Waals surface area contributed by atoms with Crippen LogP contribution in [0.1, 0.15) is 16.8 Å². The van der Waals surface area contributed by atoms with Crippen LogP contribution in [0.25, 0.3) is 11.2 Å². The Morgan fingerprint density at radius 2 is 2.16 bits per heavy atom. The fourth-order valence-electron chi connectivity index (χ4n) is 1.93. The summed E-state index contributed by atoms with van der Waals surface area (Å²) in [6, 6.07) is 3.88. The lowest BCUT2D eigenvalue weighted by atomic mass is 10.0. The van der Waals surface area contributed by atoms with E-state index in [-0.39, 0.29) is 0 Å². The lowest BCUT2D eigenvalue weighted by molar-refractivity contribution is 0.315. The number of aromatic nitrogens is 4. The van der Waals surface area contributed by atoms with Gasteiger partial charge in [-0.15, -0.1) is 0 Å². The molecule has 3 heterocycles. The molecule has 3 rings (SSSR count). The number of rotatable bonds is 2. The molecule has 0 aliphatic carbocycles. The average molecular weight is 320 g/mol. The normalized spacial score (nSPS) is 11.1. The van der Waals surface area contributed by atoms with Crippen molar-refractivity contribution < 1.29 is 4.63 Å². The van der Waals surface area contributed by atoms with E-state index in [0.717, 1.165) is 21.4 Å². The zero-order chi connectivity index (χ0) is 13.4. The Balaban J connectivity index is 2.06. The number of hydrogen-bond donors (Lipinski definition) is 1. The predicted octanol–water partition coefficient (Wildman–Crippen LogP) is 2.26. The first-order valence-corrected chi connectivity index (χ1v) is 6.42. The van der Waals surface area contributed by atoms with Crippen molar-refractivity contribution in [1.29, 1.82) is 0 Å². The highest BCUT2D eigenvalue weighted by Crippen LogP contribution is 2.25. The van der Waals surface area contributed by atoms with Gasteiger partial charge in [-0.1, -0.05) is 6.07 Å². The molecule has 0 radical (unpaired) electrons. The predicted molar refractivity (Wildman–Crippen MR) is 73.5 cm³/mol. The number of halogens is 1. The summed E-state index contributed by atoms with van der Waals surface area (Å²) >= 11 is 3.31. The van der Waals surface area contributed by atoms with E-state index < -0.39 is 0 Å². The third kappa shape index (κ3) is 2.17. The Kier molecular flexibility index (Phi) is 2.90. The fourth-order valence-corrected chi connectivity index (χ4v) is 2.16. The van der Waals surface area contributed by atoms with Gasteiger partial charge in [-0.25, -0.2) is 14.6 Å². The van der Waals surface area contributed by atoms with Crippen LogP contribution >= 0.6 is 15.9 Å². The van der Waals surface area contributed by atoms with Crippen LogP contribution in [0.4, 0.5) is 5.69 Å². The summed E-state index contributed by atoms with van der Waals surface area (Å²) in [4.78, 5) is 8.53. The van der Waals surface area contributed by atoms with Crippen molar-refractivity contribution in [3.05, 3.63) is 39.8 Å². The highest BCUT2D eigenvalue weighted by Gasteiger charge is 2.14. The van der Waals surface area contributed by atoms with E-state index in [4.69, 9.17) is 5.73 Å². The summed E-state index contributed by atoms with van der Waals surface area (Å²) in [7, 11) is 0. The van der Waals surface area contributed by atoms with Gasteiger partial charge in [0.2, 0.25) is 5.65 Å². The lowest BCUT2D eigenvalue weighted by Gasteiger charge is -2.08. The van der Waals surface area contributed by atoms with E-state index in [9.17, 15) is 0 Å². The standard InChI is InChI=1S/C12H10BrN5O/c1-6-8(4-7-2-3-9(13)15-5-7)10(14)11-12(16-6)18-19-17-11/h2-3,5H,4,14H2,1H3. The van der Waals surface area contributed by atoms with Gasteiger partial charge in [-0.05, 0) is 44.8 Å². The molecule has 0 aliphatic rings. The summed E-state index contributed by atoms with van der Waals surface area (Å²) < 4.78 is 5.46. The molecular weight excluding hydrogens is 310 g/mol. The molecule has 19 heavy (non-hydrogen) atoms. The zero-order valence-corrected chi connectivity index (χ0v) is 11.7. The molecule has 0 spiro atoms. The first kappa shape index (κ1) is 12.0. The summed E-state index contributed by atoms with van der Waals surface area (Å²) in [6.07, 6.45) is 2.45. The average Bonchev–Trinajstić information content (AvgIpc) is 2.85. The number of pyridine rings is 2. The number of anilines is 1. The van der Waals surface area contributed by atoms with Gasteiger partial charge in [0.05, 0.1) is 5.69 Å². The second-order valence-electron chi connectivity index (χ2n) is 4.19. The molecule has 0 bridgehead atoms. The van der Waals surface area contributed by atoms with Gasteiger partial charge < -0.3 is 5.73 Å². The van der Waals surface area contributed by atoms with E-state index in [0.29, 0.717) is 23.3 Å². The fraction of sp³-hybridized carbons (Fsp3) is 0.167. The third-order valence-corrected chi connectivity index (χ3v) is 3.40. The van der Waals surface area contributed by atoms with Crippen LogP contribution in [0.5, 0.6) is 0 Å². The van der Waals surface area contributed by atoms with Crippen LogP contribution in [0.3, 0.4) is 0 Å². The number of nitrogens with two attached hydrogens (primary N) is 1. The summed E-state index contributed by atoms with van der Waals surface area (Å²) in [6.45, 7) is 1.89. The molecule has 6 nitrogen and oxygen atoms in total. The van der Waals surface area contributed by atoms with Crippen molar-refractivity contribution >= 4 is 32.8 Å². The molecule has 0 saturated heterocycles. The maximum Gasteiger partial charge on any atom is 0.226 e. The molecule has 7 heteroatoms. The van der Waals surface area contributed by atoms with Gasteiger partial charge in [0.25, 0.3) is 0 Å². The summed E-state index contributed by atoms with van der Waals surface area (Å²) in [5, 5.41) is 7.48. The highest BCUT2D eigenvalue weighted by molar-refractivity contribution is 9.10. The first-order valence-electron chi connectivity index (χ1n) is 5.63. The van der Waals surface area contributed by atoms with E-state index in [1.165, 1.54) is 0 Å². The molecule has 0 atom stereocenters.